The molecular formula is C15H24O5. The first kappa shape index (κ1) is 18.4. The molecule has 0 aliphatic carbocycles. The Morgan fingerprint density at radius 2 is 1.75 bits per heavy atom. The number of hydrogen-bond donors (Lipinski definition) is 0. The maximum absolute atomic E-state index is 11.8. The zero-order valence-electron chi connectivity index (χ0n) is 12.9. The minimum absolute atomic E-state index is 0.117. The molecule has 0 N–H and O–H groups in total. The lowest BCUT2D eigenvalue weighted by atomic mass is 9.92. The Morgan fingerprint density at radius 3 is 2.15 bits per heavy atom. The van der Waals surface area contributed by atoms with Crippen molar-refractivity contribution in [2.75, 3.05) is 0 Å². The number of carbonyl (C=O) groups excluding carboxylic acids is 3. The van der Waals surface area contributed by atoms with Crippen molar-refractivity contribution in [3.8, 4) is 0 Å². The molecule has 0 heterocycles. The van der Waals surface area contributed by atoms with E-state index in [4.69, 9.17) is 9.47 Å². The maximum atomic E-state index is 11.8. The molecule has 0 aliphatic rings. The Morgan fingerprint density at radius 1 is 1.20 bits per heavy atom. The highest BCUT2D eigenvalue weighted by Crippen LogP contribution is 2.19. The maximum Gasteiger partial charge on any atom is 0.355 e. The van der Waals surface area contributed by atoms with Crippen LogP contribution in [0.3, 0.4) is 0 Å². The molecule has 0 bridgehead atoms. The van der Waals surface area contributed by atoms with Gasteiger partial charge < -0.3 is 9.47 Å². The zero-order valence-corrected chi connectivity index (χ0v) is 12.9. The number of rotatable bonds is 6. The SMILES string of the molecule is C=C(C)C(=O)OC(CCC)C(=O)OC(=O)CC(C)(C)C. The molecule has 0 aromatic rings. The van der Waals surface area contributed by atoms with Crippen molar-refractivity contribution < 1.29 is 23.9 Å². The molecule has 0 fully saturated rings. The molecule has 5 heteroatoms. The summed E-state index contributed by atoms with van der Waals surface area (Å²) in [6.45, 7) is 12.4. The summed E-state index contributed by atoms with van der Waals surface area (Å²) in [5, 5.41) is 0. The molecule has 1 unspecified atom stereocenters. The van der Waals surface area contributed by atoms with Gasteiger partial charge in [0.1, 0.15) is 0 Å². The molecule has 20 heavy (non-hydrogen) atoms. The molecule has 0 aliphatic heterocycles. The first-order valence-corrected chi connectivity index (χ1v) is 6.68. The van der Waals surface area contributed by atoms with Crippen LogP contribution in [0.25, 0.3) is 0 Å². The van der Waals surface area contributed by atoms with Crippen LogP contribution in [0.15, 0.2) is 12.2 Å². The van der Waals surface area contributed by atoms with Gasteiger partial charge in [0.05, 0.1) is 6.42 Å². The van der Waals surface area contributed by atoms with Gasteiger partial charge in [-0.2, -0.15) is 0 Å². The first-order chi connectivity index (χ1) is 9.06. The van der Waals surface area contributed by atoms with Gasteiger partial charge in [-0.05, 0) is 18.8 Å². The van der Waals surface area contributed by atoms with E-state index in [9.17, 15) is 14.4 Å². The molecule has 0 aromatic carbocycles. The minimum Gasteiger partial charge on any atom is -0.447 e. The summed E-state index contributed by atoms with van der Waals surface area (Å²) in [7, 11) is 0. The Balaban J connectivity index is 4.61. The third-order valence-corrected chi connectivity index (χ3v) is 2.30. The van der Waals surface area contributed by atoms with Gasteiger partial charge in [-0.25, -0.2) is 9.59 Å². The fourth-order valence-corrected chi connectivity index (χ4v) is 1.36. The first-order valence-electron chi connectivity index (χ1n) is 6.68. The van der Waals surface area contributed by atoms with Crippen molar-refractivity contribution in [1.29, 1.82) is 0 Å². The van der Waals surface area contributed by atoms with Gasteiger partial charge in [-0.1, -0.05) is 40.7 Å². The molecule has 0 rings (SSSR count). The van der Waals surface area contributed by atoms with E-state index in [-0.39, 0.29) is 17.4 Å². The average Bonchev–Trinajstić information content (AvgIpc) is 2.25. The standard InChI is InChI=1S/C15H24O5/c1-7-8-11(19-13(17)10(2)3)14(18)20-12(16)9-15(4,5)6/h11H,2,7-9H2,1,3-6H3. The predicted octanol–water partition coefficient (Wildman–Crippen LogP) is 2.78. The van der Waals surface area contributed by atoms with Crippen LogP contribution in [0.5, 0.6) is 0 Å². The summed E-state index contributed by atoms with van der Waals surface area (Å²) < 4.78 is 9.72. The Labute approximate surface area is 120 Å². The van der Waals surface area contributed by atoms with Gasteiger partial charge >= 0.3 is 17.9 Å². The van der Waals surface area contributed by atoms with E-state index in [1.165, 1.54) is 6.92 Å². The van der Waals surface area contributed by atoms with E-state index in [0.29, 0.717) is 12.8 Å². The van der Waals surface area contributed by atoms with Gasteiger partial charge in [-0.3, -0.25) is 4.79 Å². The van der Waals surface area contributed by atoms with E-state index in [0.717, 1.165) is 0 Å². The Bertz CT molecular complexity index is 390. The molecule has 1 atom stereocenters. The highest BCUT2D eigenvalue weighted by Gasteiger charge is 2.27. The lowest BCUT2D eigenvalue weighted by molar-refractivity contribution is -0.173. The molecule has 0 radical (unpaired) electrons. The fraction of sp³-hybridized carbons (Fsp3) is 0.667. The van der Waals surface area contributed by atoms with Crippen molar-refractivity contribution in [3.05, 3.63) is 12.2 Å². The summed E-state index contributed by atoms with van der Waals surface area (Å²) in [4.78, 5) is 34.9. The van der Waals surface area contributed by atoms with Crippen molar-refractivity contribution in [2.45, 2.75) is 60.0 Å². The van der Waals surface area contributed by atoms with E-state index in [1.807, 2.05) is 27.7 Å². The largest absolute Gasteiger partial charge is 0.447 e. The third kappa shape index (κ3) is 7.71. The van der Waals surface area contributed by atoms with Crippen molar-refractivity contribution in [1.82, 2.24) is 0 Å². The van der Waals surface area contributed by atoms with Gasteiger partial charge in [-0.15, -0.1) is 0 Å². The third-order valence-electron chi connectivity index (χ3n) is 2.30. The zero-order chi connectivity index (χ0) is 15.9. The van der Waals surface area contributed by atoms with Gasteiger partial charge in [0.25, 0.3) is 0 Å². The summed E-state index contributed by atoms with van der Waals surface area (Å²) in [6.07, 6.45) is -0.0169. The number of esters is 3. The van der Waals surface area contributed by atoms with E-state index in [2.05, 4.69) is 6.58 Å². The topological polar surface area (TPSA) is 69.7 Å². The Kier molecular flexibility index (Phi) is 7.18. The molecule has 0 aromatic heterocycles. The van der Waals surface area contributed by atoms with Crippen LogP contribution in [0.2, 0.25) is 0 Å². The molecule has 0 saturated carbocycles. The normalized spacial score (nSPS) is 12.4. The Hall–Kier alpha value is -1.65. The van der Waals surface area contributed by atoms with Gasteiger partial charge in [0.15, 0.2) is 6.10 Å². The van der Waals surface area contributed by atoms with Gasteiger partial charge in [0, 0.05) is 5.57 Å². The summed E-state index contributed by atoms with van der Waals surface area (Å²) in [5.74, 6) is -2.10. The molecule has 0 amide bonds. The number of carbonyl (C=O) groups is 3. The van der Waals surface area contributed by atoms with Crippen LogP contribution in [0.4, 0.5) is 0 Å². The lowest BCUT2D eigenvalue weighted by Gasteiger charge is -2.18. The second kappa shape index (κ2) is 7.82. The summed E-state index contributed by atoms with van der Waals surface area (Å²) in [6, 6.07) is 0. The highest BCUT2D eigenvalue weighted by atomic mass is 16.6. The van der Waals surface area contributed by atoms with Crippen LogP contribution in [-0.4, -0.2) is 24.0 Å². The molecule has 0 spiro atoms. The summed E-state index contributed by atoms with van der Waals surface area (Å²) >= 11 is 0. The minimum atomic E-state index is -1.06. The smallest absolute Gasteiger partial charge is 0.355 e. The average molecular weight is 284 g/mol. The monoisotopic (exact) mass is 284 g/mol. The molecular weight excluding hydrogens is 260 g/mol. The fourth-order valence-electron chi connectivity index (χ4n) is 1.36. The molecule has 0 saturated heterocycles. The highest BCUT2D eigenvalue weighted by molar-refractivity contribution is 5.92. The predicted molar refractivity (Wildman–Crippen MR) is 74.8 cm³/mol. The van der Waals surface area contributed by atoms with Crippen LogP contribution < -0.4 is 0 Å². The second-order valence-corrected chi connectivity index (χ2v) is 5.99. The van der Waals surface area contributed by atoms with E-state index in [1.54, 1.807) is 0 Å². The lowest BCUT2D eigenvalue weighted by Crippen LogP contribution is -2.32. The number of ether oxygens (including phenoxy) is 2. The van der Waals surface area contributed by atoms with Gasteiger partial charge in [0.2, 0.25) is 0 Å². The van der Waals surface area contributed by atoms with Crippen LogP contribution in [-0.2, 0) is 23.9 Å². The van der Waals surface area contributed by atoms with E-state index >= 15 is 0 Å². The van der Waals surface area contributed by atoms with Crippen LogP contribution in [0.1, 0.15) is 53.9 Å². The second-order valence-electron chi connectivity index (χ2n) is 5.99. The molecule has 114 valence electrons. The van der Waals surface area contributed by atoms with Crippen LogP contribution >= 0.6 is 0 Å². The van der Waals surface area contributed by atoms with Crippen molar-refractivity contribution in [2.24, 2.45) is 5.41 Å². The summed E-state index contributed by atoms with van der Waals surface area (Å²) in [5.41, 5.74) is -0.0775. The number of hydrogen-bond acceptors (Lipinski definition) is 5. The van der Waals surface area contributed by atoms with Crippen LogP contribution in [0, 0.1) is 5.41 Å². The van der Waals surface area contributed by atoms with E-state index < -0.39 is 24.0 Å². The quantitative estimate of drug-likeness (QED) is 0.426. The van der Waals surface area contributed by atoms with Crippen molar-refractivity contribution >= 4 is 17.9 Å². The molecule has 5 nitrogen and oxygen atoms in total. The van der Waals surface area contributed by atoms with Crippen molar-refractivity contribution in [3.63, 3.8) is 0 Å².